The highest BCUT2D eigenvalue weighted by atomic mass is 15.3. The van der Waals surface area contributed by atoms with Crippen molar-refractivity contribution in [2.24, 2.45) is 0 Å². The average Bonchev–Trinajstić information content (AvgIpc) is 3.03. The summed E-state index contributed by atoms with van der Waals surface area (Å²) in [6, 6.07) is 9.55. The van der Waals surface area contributed by atoms with Crippen LogP contribution in [0.4, 0.5) is 17.3 Å². The van der Waals surface area contributed by atoms with E-state index in [2.05, 4.69) is 20.4 Å². The molecule has 0 atom stereocenters. The van der Waals surface area contributed by atoms with Crippen LogP contribution in [0.5, 0.6) is 0 Å². The monoisotopic (exact) mass is 279 g/mol. The predicted molar refractivity (Wildman–Crippen MR) is 81.2 cm³/mol. The topological polar surface area (TPSA) is 106 Å². The van der Waals surface area contributed by atoms with Gasteiger partial charge < -0.3 is 16.5 Å². The zero-order valence-corrected chi connectivity index (χ0v) is 11.1. The van der Waals surface area contributed by atoms with E-state index in [0.717, 1.165) is 17.6 Å². The van der Waals surface area contributed by atoms with E-state index in [1.807, 2.05) is 36.5 Å². The Kier molecular flexibility index (Phi) is 3.30. The van der Waals surface area contributed by atoms with Crippen LogP contribution in [-0.2, 0) is 0 Å². The van der Waals surface area contributed by atoms with Crippen molar-refractivity contribution in [3.8, 4) is 5.69 Å². The van der Waals surface area contributed by atoms with E-state index >= 15 is 0 Å². The third-order valence-electron chi connectivity index (χ3n) is 2.96. The molecule has 0 aliphatic heterocycles. The molecule has 0 unspecified atom stereocenters. The molecule has 0 saturated heterocycles. The molecule has 21 heavy (non-hydrogen) atoms. The summed E-state index contributed by atoms with van der Waals surface area (Å²) in [7, 11) is 0. The number of anilines is 3. The van der Waals surface area contributed by atoms with Crippen molar-refractivity contribution in [3.05, 3.63) is 54.6 Å². The van der Waals surface area contributed by atoms with Crippen LogP contribution < -0.4 is 11.1 Å². The first-order chi connectivity index (χ1) is 10.3. The van der Waals surface area contributed by atoms with Gasteiger partial charge >= 0.3 is 0 Å². The van der Waals surface area contributed by atoms with Crippen molar-refractivity contribution in [1.29, 1.82) is 5.41 Å². The third-order valence-corrected chi connectivity index (χ3v) is 2.96. The van der Waals surface area contributed by atoms with Crippen molar-refractivity contribution < 1.29 is 0 Å². The van der Waals surface area contributed by atoms with Gasteiger partial charge in [0.2, 0.25) is 0 Å². The van der Waals surface area contributed by atoms with E-state index in [4.69, 9.17) is 11.1 Å². The Labute approximate surface area is 121 Å². The Morgan fingerprint density at radius 1 is 1.19 bits per heavy atom. The van der Waals surface area contributed by atoms with Gasteiger partial charge in [0.05, 0.1) is 11.3 Å². The number of hydrogen-bond acceptors (Lipinski definition) is 6. The SMILES string of the molecule is N=Cc1c(N)ncnc1Nc1ccc(-n2cccn2)cc1. The maximum Gasteiger partial charge on any atom is 0.144 e. The summed E-state index contributed by atoms with van der Waals surface area (Å²) in [5.74, 6) is 0.778. The molecule has 0 radical (unpaired) electrons. The highest BCUT2D eigenvalue weighted by Crippen LogP contribution is 2.21. The first-order valence-electron chi connectivity index (χ1n) is 6.26. The van der Waals surface area contributed by atoms with Gasteiger partial charge in [0.1, 0.15) is 18.0 Å². The molecule has 7 heteroatoms. The number of hydrogen-bond donors (Lipinski definition) is 3. The van der Waals surface area contributed by atoms with Gasteiger partial charge in [0.15, 0.2) is 0 Å². The number of aromatic nitrogens is 4. The lowest BCUT2D eigenvalue weighted by Crippen LogP contribution is -2.04. The van der Waals surface area contributed by atoms with E-state index < -0.39 is 0 Å². The van der Waals surface area contributed by atoms with Gasteiger partial charge in [-0.25, -0.2) is 14.6 Å². The molecule has 2 aromatic heterocycles. The molecule has 1 aromatic carbocycles. The highest BCUT2D eigenvalue weighted by molar-refractivity contribution is 5.91. The van der Waals surface area contributed by atoms with E-state index in [-0.39, 0.29) is 5.82 Å². The maximum absolute atomic E-state index is 7.38. The van der Waals surface area contributed by atoms with Crippen molar-refractivity contribution >= 4 is 23.5 Å². The van der Waals surface area contributed by atoms with Crippen LogP contribution in [0.15, 0.2) is 49.1 Å². The second kappa shape index (κ2) is 5.41. The minimum absolute atomic E-state index is 0.274. The van der Waals surface area contributed by atoms with Gasteiger partial charge in [-0.3, -0.25) is 0 Å². The number of nitrogens with zero attached hydrogens (tertiary/aromatic N) is 4. The van der Waals surface area contributed by atoms with Crippen LogP contribution in [0.2, 0.25) is 0 Å². The van der Waals surface area contributed by atoms with E-state index in [1.165, 1.54) is 6.33 Å². The molecule has 0 saturated carbocycles. The van der Waals surface area contributed by atoms with Crippen LogP contribution in [0, 0.1) is 5.41 Å². The largest absolute Gasteiger partial charge is 0.383 e. The van der Waals surface area contributed by atoms with Crippen LogP contribution in [0.25, 0.3) is 5.69 Å². The van der Waals surface area contributed by atoms with Gasteiger partial charge in [-0.05, 0) is 30.3 Å². The molecule has 7 nitrogen and oxygen atoms in total. The van der Waals surface area contributed by atoms with E-state index in [0.29, 0.717) is 11.4 Å². The quantitative estimate of drug-likeness (QED) is 0.633. The van der Waals surface area contributed by atoms with Crippen molar-refractivity contribution in [2.45, 2.75) is 0 Å². The van der Waals surface area contributed by atoms with Gasteiger partial charge in [-0.15, -0.1) is 0 Å². The fourth-order valence-electron chi connectivity index (χ4n) is 1.91. The molecule has 4 N–H and O–H groups in total. The lowest BCUT2D eigenvalue weighted by Gasteiger charge is -2.10. The zero-order chi connectivity index (χ0) is 14.7. The van der Waals surface area contributed by atoms with Gasteiger partial charge in [-0.1, -0.05) is 0 Å². The molecule has 0 fully saturated rings. The fourth-order valence-corrected chi connectivity index (χ4v) is 1.91. The average molecular weight is 279 g/mol. The van der Waals surface area contributed by atoms with E-state index in [1.54, 1.807) is 10.9 Å². The summed E-state index contributed by atoms with van der Waals surface area (Å²) < 4.78 is 1.77. The molecule has 3 rings (SSSR count). The number of benzene rings is 1. The predicted octanol–water partition coefficient (Wildman–Crippen LogP) is 1.99. The molecule has 0 amide bonds. The summed E-state index contributed by atoms with van der Waals surface area (Å²) in [5.41, 5.74) is 7.98. The summed E-state index contributed by atoms with van der Waals surface area (Å²) >= 11 is 0. The summed E-state index contributed by atoms with van der Waals surface area (Å²) in [6.07, 6.45) is 6.10. The van der Waals surface area contributed by atoms with Crippen molar-refractivity contribution in [1.82, 2.24) is 19.7 Å². The first kappa shape index (κ1) is 12.8. The molecule has 2 heterocycles. The molecule has 0 spiro atoms. The molecular formula is C14H13N7. The molecule has 0 aliphatic rings. The minimum atomic E-state index is 0.274. The molecule has 0 bridgehead atoms. The summed E-state index contributed by atoms with van der Waals surface area (Å²) in [5, 5.41) is 14.7. The second-order valence-corrected chi connectivity index (χ2v) is 4.29. The van der Waals surface area contributed by atoms with Crippen LogP contribution in [0.3, 0.4) is 0 Å². The van der Waals surface area contributed by atoms with Gasteiger partial charge in [-0.2, -0.15) is 5.10 Å². The molecular weight excluding hydrogens is 266 g/mol. The van der Waals surface area contributed by atoms with Crippen LogP contribution in [-0.4, -0.2) is 26.0 Å². The summed E-state index contributed by atoms with van der Waals surface area (Å²) in [6.45, 7) is 0. The molecule has 0 aliphatic carbocycles. The molecule has 104 valence electrons. The van der Waals surface area contributed by atoms with Crippen molar-refractivity contribution in [2.75, 3.05) is 11.1 Å². The highest BCUT2D eigenvalue weighted by Gasteiger charge is 2.07. The Bertz CT molecular complexity index is 748. The standard InChI is InChI=1S/C14H13N7/c15-8-12-13(16)17-9-18-14(12)20-10-2-4-11(5-3-10)21-7-1-6-19-21/h1-9,15H,(H3,16,17,18,20). The van der Waals surface area contributed by atoms with Crippen LogP contribution in [0.1, 0.15) is 5.56 Å². The number of rotatable bonds is 4. The van der Waals surface area contributed by atoms with Gasteiger partial charge in [0.25, 0.3) is 0 Å². The number of nitrogen functional groups attached to an aromatic ring is 1. The number of nitrogens with one attached hydrogen (secondary N) is 2. The Morgan fingerprint density at radius 2 is 2.00 bits per heavy atom. The first-order valence-corrected chi connectivity index (χ1v) is 6.26. The minimum Gasteiger partial charge on any atom is -0.383 e. The van der Waals surface area contributed by atoms with Gasteiger partial charge in [0, 0.05) is 24.3 Å². The lowest BCUT2D eigenvalue weighted by molar-refractivity contribution is 0.881. The summed E-state index contributed by atoms with van der Waals surface area (Å²) in [4.78, 5) is 7.97. The number of nitrogens with two attached hydrogens (primary N) is 1. The normalized spacial score (nSPS) is 10.3. The zero-order valence-electron chi connectivity index (χ0n) is 11.1. The fraction of sp³-hybridized carbons (Fsp3) is 0. The second-order valence-electron chi connectivity index (χ2n) is 4.29. The van der Waals surface area contributed by atoms with E-state index in [9.17, 15) is 0 Å². The Balaban J connectivity index is 1.86. The maximum atomic E-state index is 7.38. The Morgan fingerprint density at radius 3 is 2.67 bits per heavy atom. The van der Waals surface area contributed by atoms with Crippen molar-refractivity contribution in [3.63, 3.8) is 0 Å². The third kappa shape index (κ3) is 2.57. The molecule has 3 aromatic rings. The smallest absolute Gasteiger partial charge is 0.144 e. The Hall–Kier alpha value is -3.22. The lowest BCUT2D eigenvalue weighted by atomic mass is 10.2. The van der Waals surface area contributed by atoms with Crippen LogP contribution >= 0.6 is 0 Å².